The minimum atomic E-state index is -3.99. The Labute approximate surface area is 180 Å². The van der Waals surface area contributed by atoms with Gasteiger partial charge in [0.25, 0.3) is 15.9 Å². The second kappa shape index (κ2) is 10.2. The number of anilines is 1. The van der Waals surface area contributed by atoms with Crippen molar-refractivity contribution in [2.24, 2.45) is 5.92 Å². The summed E-state index contributed by atoms with van der Waals surface area (Å²) in [7, 11) is -0.963. The number of nitrogens with zero attached hydrogens (tertiary/aromatic N) is 1. The monoisotopic (exact) mass is 438 g/mol. The van der Waals surface area contributed by atoms with Gasteiger partial charge >= 0.3 is 0 Å². The summed E-state index contributed by atoms with van der Waals surface area (Å²) in [6, 6.07) is 3.37. The summed E-state index contributed by atoms with van der Waals surface area (Å²) in [6.45, 7) is 8.29. The van der Waals surface area contributed by atoms with E-state index in [2.05, 4.69) is 19.2 Å². The highest BCUT2D eigenvalue weighted by molar-refractivity contribution is 7.97. The van der Waals surface area contributed by atoms with Gasteiger partial charge in [0.1, 0.15) is 0 Å². The molecule has 1 aromatic rings. The van der Waals surface area contributed by atoms with Crippen molar-refractivity contribution in [2.75, 3.05) is 31.6 Å². The molecule has 0 spiro atoms. The fourth-order valence-electron chi connectivity index (χ4n) is 3.82. The van der Waals surface area contributed by atoms with Crippen molar-refractivity contribution in [3.63, 3.8) is 0 Å². The number of carbonyl (C=O) groups is 1. The van der Waals surface area contributed by atoms with E-state index in [1.54, 1.807) is 26.0 Å². The SMILES string of the molecule is CCCCC(CC)CNC(=O)C1=C(C)c2cc(OC)c(OC)cc2N(CC)S1(=O)=O. The number of amides is 1. The Morgan fingerprint density at radius 1 is 1.13 bits per heavy atom. The minimum absolute atomic E-state index is 0.197. The highest BCUT2D eigenvalue weighted by atomic mass is 32.2. The van der Waals surface area contributed by atoms with E-state index in [0.717, 1.165) is 25.7 Å². The first-order valence-corrected chi connectivity index (χ1v) is 12.0. The number of methoxy groups -OCH3 is 2. The van der Waals surface area contributed by atoms with Gasteiger partial charge in [-0.1, -0.05) is 33.1 Å². The molecule has 8 heteroatoms. The number of hydrogen-bond acceptors (Lipinski definition) is 5. The number of carbonyl (C=O) groups excluding carboxylic acids is 1. The number of allylic oxidation sites excluding steroid dienone is 1. The van der Waals surface area contributed by atoms with Crippen LogP contribution < -0.4 is 19.1 Å². The molecule has 1 aliphatic rings. The third-order valence-electron chi connectivity index (χ3n) is 5.65. The highest BCUT2D eigenvalue weighted by Crippen LogP contribution is 2.44. The number of rotatable bonds is 10. The number of hydrogen-bond donors (Lipinski definition) is 1. The molecule has 1 aromatic carbocycles. The number of unbranched alkanes of at least 4 members (excludes halogenated alkanes) is 1. The summed E-state index contributed by atoms with van der Waals surface area (Å²) in [5.41, 5.74) is 1.54. The molecular formula is C22H34N2O5S. The van der Waals surface area contributed by atoms with Crippen LogP contribution in [0, 0.1) is 5.92 Å². The van der Waals surface area contributed by atoms with Gasteiger partial charge in [0, 0.05) is 24.7 Å². The molecule has 0 saturated carbocycles. The highest BCUT2D eigenvalue weighted by Gasteiger charge is 2.39. The van der Waals surface area contributed by atoms with Gasteiger partial charge in [0.05, 0.1) is 19.9 Å². The summed E-state index contributed by atoms with van der Waals surface area (Å²) in [6.07, 6.45) is 4.13. The molecule has 0 aromatic heterocycles. The van der Waals surface area contributed by atoms with Gasteiger partial charge in [0.15, 0.2) is 16.4 Å². The molecule has 1 N–H and O–H groups in total. The lowest BCUT2D eigenvalue weighted by Crippen LogP contribution is -2.42. The van der Waals surface area contributed by atoms with Gasteiger partial charge in [-0.2, -0.15) is 0 Å². The molecule has 0 saturated heterocycles. The van der Waals surface area contributed by atoms with Crippen LogP contribution in [0.25, 0.3) is 5.57 Å². The number of ether oxygens (including phenoxy) is 2. The molecule has 0 aliphatic carbocycles. The molecule has 1 amide bonds. The van der Waals surface area contributed by atoms with Crippen LogP contribution in [0.2, 0.25) is 0 Å². The summed E-state index contributed by atoms with van der Waals surface area (Å²) in [5.74, 6) is 0.699. The van der Waals surface area contributed by atoms with Crippen molar-refractivity contribution < 1.29 is 22.7 Å². The number of nitrogens with one attached hydrogen (secondary N) is 1. The Hall–Kier alpha value is -2.22. The van der Waals surface area contributed by atoms with Crippen molar-refractivity contribution >= 4 is 27.2 Å². The first-order valence-electron chi connectivity index (χ1n) is 10.5. The Kier molecular flexibility index (Phi) is 8.18. The molecule has 30 heavy (non-hydrogen) atoms. The van der Waals surface area contributed by atoms with Crippen molar-refractivity contribution in [1.82, 2.24) is 5.32 Å². The van der Waals surface area contributed by atoms with Crippen LogP contribution in [-0.2, 0) is 14.8 Å². The fraction of sp³-hybridized carbons (Fsp3) is 0.591. The molecule has 1 aliphatic heterocycles. The smallest absolute Gasteiger partial charge is 0.270 e. The first kappa shape index (κ1) is 24.1. The molecule has 0 bridgehead atoms. The maximum Gasteiger partial charge on any atom is 0.270 e. The van der Waals surface area contributed by atoms with E-state index >= 15 is 0 Å². The van der Waals surface area contributed by atoms with Crippen LogP contribution in [0.15, 0.2) is 17.0 Å². The topological polar surface area (TPSA) is 84.9 Å². The van der Waals surface area contributed by atoms with Crippen LogP contribution in [0.5, 0.6) is 11.5 Å². The molecule has 1 unspecified atom stereocenters. The van der Waals surface area contributed by atoms with Crippen molar-refractivity contribution in [1.29, 1.82) is 0 Å². The Bertz CT molecular complexity index is 908. The molecule has 1 heterocycles. The van der Waals surface area contributed by atoms with E-state index in [1.165, 1.54) is 18.5 Å². The molecular weight excluding hydrogens is 404 g/mol. The maximum absolute atomic E-state index is 13.3. The van der Waals surface area contributed by atoms with Crippen LogP contribution in [0.4, 0.5) is 5.69 Å². The average Bonchev–Trinajstić information content (AvgIpc) is 2.72. The number of benzene rings is 1. The third-order valence-corrected chi connectivity index (χ3v) is 7.69. The molecule has 0 fully saturated rings. The van der Waals surface area contributed by atoms with Crippen molar-refractivity contribution in [3.05, 3.63) is 22.6 Å². The zero-order chi connectivity index (χ0) is 22.5. The molecule has 0 radical (unpaired) electrons. The van der Waals surface area contributed by atoms with E-state index in [9.17, 15) is 13.2 Å². The molecule has 168 valence electrons. The Morgan fingerprint density at radius 3 is 2.30 bits per heavy atom. The van der Waals surface area contributed by atoms with Crippen molar-refractivity contribution in [2.45, 2.75) is 53.4 Å². The second-order valence-corrected chi connectivity index (χ2v) is 9.27. The first-order chi connectivity index (χ1) is 14.3. The molecule has 7 nitrogen and oxygen atoms in total. The predicted octanol–water partition coefficient (Wildman–Crippen LogP) is 3.94. The summed E-state index contributed by atoms with van der Waals surface area (Å²) in [5, 5.41) is 2.87. The summed E-state index contributed by atoms with van der Waals surface area (Å²) in [4.78, 5) is 12.8. The zero-order valence-electron chi connectivity index (χ0n) is 18.9. The second-order valence-electron chi connectivity index (χ2n) is 7.47. The zero-order valence-corrected chi connectivity index (χ0v) is 19.7. The van der Waals surface area contributed by atoms with Gasteiger partial charge < -0.3 is 14.8 Å². The van der Waals surface area contributed by atoms with E-state index < -0.39 is 15.9 Å². The van der Waals surface area contributed by atoms with Crippen molar-refractivity contribution in [3.8, 4) is 11.5 Å². The van der Waals surface area contributed by atoms with Crippen LogP contribution >= 0.6 is 0 Å². The Balaban J connectivity index is 2.49. The lowest BCUT2D eigenvalue weighted by atomic mass is 9.99. The van der Waals surface area contributed by atoms with Crippen LogP contribution in [0.3, 0.4) is 0 Å². The van der Waals surface area contributed by atoms with Gasteiger partial charge in [0.2, 0.25) is 0 Å². The van der Waals surface area contributed by atoms with Gasteiger partial charge in [-0.25, -0.2) is 8.42 Å². The van der Waals surface area contributed by atoms with E-state index in [-0.39, 0.29) is 11.4 Å². The van der Waals surface area contributed by atoms with Gasteiger partial charge in [-0.05, 0) is 37.8 Å². The predicted molar refractivity (Wildman–Crippen MR) is 120 cm³/mol. The minimum Gasteiger partial charge on any atom is -0.493 e. The van der Waals surface area contributed by atoms with Gasteiger partial charge in [-0.15, -0.1) is 0 Å². The largest absolute Gasteiger partial charge is 0.493 e. The lowest BCUT2D eigenvalue weighted by Gasteiger charge is -2.32. The van der Waals surface area contributed by atoms with E-state index in [4.69, 9.17) is 9.47 Å². The maximum atomic E-state index is 13.3. The number of fused-ring (bicyclic) bond motifs is 1. The van der Waals surface area contributed by atoms with Crippen LogP contribution in [-0.4, -0.2) is 41.6 Å². The van der Waals surface area contributed by atoms with Gasteiger partial charge in [-0.3, -0.25) is 9.10 Å². The van der Waals surface area contributed by atoms with E-state index in [0.29, 0.717) is 40.8 Å². The quantitative estimate of drug-likeness (QED) is 0.598. The lowest BCUT2D eigenvalue weighted by molar-refractivity contribution is -0.117. The standard InChI is InChI=1S/C22H34N2O5S/c1-7-10-11-16(8-2)14-23-22(25)21-15(4)17-12-19(28-5)20(29-6)13-18(17)24(9-3)30(21,26)27/h12-13,16H,7-11,14H2,1-6H3,(H,23,25). The third kappa shape index (κ3) is 4.58. The van der Waals surface area contributed by atoms with E-state index in [1.807, 2.05) is 0 Å². The summed E-state index contributed by atoms with van der Waals surface area (Å²) >= 11 is 0. The Morgan fingerprint density at radius 2 is 1.77 bits per heavy atom. The normalized spacial score (nSPS) is 16.1. The molecule has 1 atom stereocenters. The summed E-state index contributed by atoms with van der Waals surface area (Å²) < 4.78 is 38.6. The number of sulfonamides is 1. The fourth-order valence-corrected chi connectivity index (χ4v) is 5.59. The average molecular weight is 439 g/mol. The molecule has 2 rings (SSSR count). The van der Waals surface area contributed by atoms with Crippen LogP contribution in [0.1, 0.15) is 58.9 Å².